The number of ether oxygens (including phenoxy) is 2. The van der Waals surface area contributed by atoms with Crippen LogP contribution in [0.3, 0.4) is 0 Å². The van der Waals surface area contributed by atoms with E-state index in [0.29, 0.717) is 23.9 Å². The van der Waals surface area contributed by atoms with Crippen molar-refractivity contribution in [3.05, 3.63) is 24.8 Å². The number of carbonyl (C=O) groups is 1. The van der Waals surface area contributed by atoms with Crippen LogP contribution in [-0.2, 0) is 27.9 Å². The maximum Gasteiger partial charge on any atom is 0.335 e. The Bertz CT molecular complexity index is 784. The molecule has 9 nitrogen and oxygen atoms in total. The fourth-order valence-corrected chi connectivity index (χ4v) is 4.01. The minimum absolute atomic E-state index is 0.0419. The number of esters is 1. The monoisotopic (exact) mass is 559 g/mol. The molecule has 4 unspecified atom stereocenters. The summed E-state index contributed by atoms with van der Waals surface area (Å²) in [5.41, 5.74) is 0. The smallest absolute Gasteiger partial charge is 0.335 e. The molecule has 0 aromatic heterocycles. The standard InChI is InChI=1S/C28H50NO8P/c1-7-8-9-15-18-25(2)19-16-13-11-10-12-14-17-20-27(34-6)28(31)35-23-26(30)24-37-38(32,33)36-22-21-29(3,4)5/h7,10-11,25-27,30H,1,8-9,13,15-24H2,2-6H3/b11-10-. The van der Waals surface area contributed by atoms with Crippen molar-refractivity contribution < 1.29 is 42.4 Å². The second kappa shape index (κ2) is 21.3. The number of phosphoric acid groups is 1. The number of aliphatic hydroxyl groups excluding tert-OH is 1. The minimum Gasteiger partial charge on any atom is -0.756 e. The molecule has 0 aromatic rings. The molecule has 0 radical (unpaired) electrons. The Hall–Kier alpha value is -1.50. The summed E-state index contributed by atoms with van der Waals surface area (Å²) in [5, 5.41) is 9.90. The summed E-state index contributed by atoms with van der Waals surface area (Å²) < 4.78 is 31.9. The van der Waals surface area contributed by atoms with E-state index >= 15 is 0 Å². The molecule has 0 aliphatic carbocycles. The number of carbonyl (C=O) groups excluding carboxylic acids is 1. The van der Waals surface area contributed by atoms with E-state index in [0.717, 1.165) is 25.2 Å². The normalized spacial score (nSPS) is 15.8. The highest BCUT2D eigenvalue weighted by atomic mass is 31.2. The Morgan fingerprint density at radius 1 is 1.11 bits per heavy atom. The molecule has 0 aliphatic heterocycles. The van der Waals surface area contributed by atoms with Gasteiger partial charge in [-0.2, -0.15) is 0 Å². The lowest BCUT2D eigenvalue weighted by atomic mass is 9.97. The average molecular weight is 560 g/mol. The van der Waals surface area contributed by atoms with Crippen LogP contribution in [0.2, 0.25) is 0 Å². The maximum absolute atomic E-state index is 12.2. The molecule has 0 fully saturated rings. The van der Waals surface area contributed by atoms with Crippen molar-refractivity contribution in [2.75, 3.05) is 54.6 Å². The number of methoxy groups -OCH3 is 1. The van der Waals surface area contributed by atoms with Crippen LogP contribution >= 0.6 is 7.82 Å². The van der Waals surface area contributed by atoms with Gasteiger partial charge in [0.05, 0.1) is 27.7 Å². The number of unbranched alkanes of at least 4 members (excludes halogenated alkanes) is 3. The Labute approximate surface area is 230 Å². The number of phosphoric ester groups is 1. The zero-order valence-corrected chi connectivity index (χ0v) is 25.0. The Kier molecular flexibility index (Phi) is 20.5. The van der Waals surface area contributed by atoms with Crippen LogP contribution in [0.25, 0.3) is 0 Å². The van der Waals surface area contributed by atoms with E-state index in [4.69, 9.17) is 14.0 Å². The van der Waals surface area contributed by atoms with E-state index in [1.165, 1.54) is 32.8 Å². The number of nitrogens with zero attached hydrogens (tertiary/aromatic N) is 1. The number of rotatable bonds is 22. The van der Waals surface area contributed by atoms with Gasteiger partial charge in [0.15, 0.2) is 6.10 Å². The molecule has 10 heteroatoms. The fraction of sp³-hybridized carbons (Fsp3) is 0.750. The van der Waals surface area contributed by atoms with Gasteiger partial charge in [0.1, 0.15) is 25.9 Å². The third-order valence-corrected chi connectivity index (χ3v) is 6.62. The minimum atomic E-state index is -4.56. The predicted octanol–water partition coefficient (Wildman–Crippen LogP) is 4.01. The van der Waals surface area contributed by atoms with Crippen molar-refractivity contribution in [1.29, 1.82) is 0 Å². The number of likely N-dealkylation sites (N-methyl/N-ethyl adjacent to an activating group) is 1. The number of quaternary nitrogens is 1. The number of aliphatic hydroxyl groups is 1. The van der Waals surface area contributed by atoms with E-state index in [1.54, 1.807) is 0 Å². The van der Waals surface area contributed by atoms with Crippen LogP contribution in [0.1, 0.15) is 64.7 Å². The number of hydrogen-bond donors (Lipinski definition) is 1. The second-order valence-corrected chi connectivity index (χ2v) is 11.9. The quantitative estimate of drug-likeness (QED) is 0.0529. The highest BCUT2D eigenvalue weighted by molar-refractivity contribution is 7.45. The average Bonchev–Trinajstić information content (AvgIpc) is 2.84. The molecule has 0 spiro atoms. The Morgan fingerprint density at radius 3 is 2.47 bits per heavy atom. The first-order chi connectivity index (χ1) is 17.9. The van der Waals surface area contributed by atoms with Gasteiger partial charge >= 0.3 is 5.97 Å². The van der Waals surface area contributed by atoms with E-state index in [1.807, 2.05) is 33.3 Å². The molecule has 38 heavy (non-hydrogen) atoms. The van der Waals surface area contributed by atoms with Crippen molar-refractivity contribution >= 4 is 13.8 Å². The Balaban J connectivity index is 4.11. The largest absolute Gasteiger partial charge is 0.756 e. The number of allylic oxidation sites excluding steroid dienone is 3. The lowest BCUT2D eigenvalue weighted by molar-refractivity contribution is -0.870. The summed E-state index contributed by atoms with van der Waals surface area (Å²) in [4.78, 5) is 24.0. The maximum atomic E-state index is 12.2. The zero-order valence-electron chi connectivity index (χ0n) is 24.1. The molecular weight excluding hydrogens is 509 g/mol. The van der Waals surface area contributed by atoms with Crippen molar-refractivity contribution in [3.8, 4) is 11.8 Å². The molecule has 0 aliphatic rings. The van der Waals surface area contributed by atoms with Gasteiger partial charge in [-0.25, -0.2) is 4.79 Å². The molecule has 0 amide bonds. The summed E-state index contributed by atoms with van der Waals surface area (Å²) in [6.45, 7) is 5.47. The SMILES string of the molecule is C=CCCCCC(C)CCC/C=C\C#CCCC(OC)C(=O)OCC(O)COP(=O)([O-])OCC[N+](C)(C)C. The van der Waals surface area contributed by atoms with E-state index in [-0.39, 0.29) is 6.61 Å². The fourth-order valence-electron chi connectivity index (χ4n) is 3.28. The molecule has 0 heterocycles. The molecule has 220 valence electrons. The third-order valence-electron chi connectivity index (χ3n) is 5.66. The molecule has 0 saturated carbocycles. The second-order valence-electron chi connectivity index (χ2n) is 10.5. The van der Waals surface area contributed by atoms with Crippen LogP contribution in [-0.4, -0.2) is 82.4 Å². The molecule has 0 rings (SSSR count). The van der Waals surface area contributed by atoms with Gasteiger partial charge in [-0.15, -0.1) is 6.58 Å². The van der Waals surface area contributed by atoms with Crippen molar-refractivity contribution in [3.63, 3.8) is 0 Å². The van der Waals surface area contributed by atoms with Crippen molar-refractivity contribution in [2.45, 2.75) is 76.9 Å². The van der Waals surface area contributed by atoms with Crippen LogP contribution in [0, 0.1) is 17.8 Å². The summed E-state index contributed by atoms with van der Waals surface area (Å²) in [6.07, 6.45) is 12.7. The highest BCUT2D eigenvalue weighted by Gasteiger charge is 2.21. The molecule has 0 saturated heterocycles. The topological polar surface area (TPSA) is 114 Å². The van der Waals surface area contributed by atoms with Gasteiger partial charge in [-0.3, -0.25) is 4.57 Å². The first-order valence-corrected chi connectivity index (χ1v) is 14.9. The molecule has 4 atom stereocenters. The van der Waals surface area contributed by atoms with Gasteiger partial charge in [0.2, 0.25) is 0 Å². The molecule has 1 N–H and O–H groups in total. The van der Waals surface area contributed by atoms with Gasteiger partial charge in [-0.1, -0.05) is 50.2 Å². The van der Waals surface area contributed by atoms with E-state index in [9.17, 15) is 19.4 Å². The van der Waals surface area contributed by atoms with Crippen molar-refractivity contribution in [2.24, 2.45) is 5.92 Å². The van der Waals surface area contributed by atoms with Crippen molar-refractivity contribution in [1.82, 2.24) is 0 Å². The third kappa shape index (κ3) is 22.5. The number of hydrogen-bond acceptors (Lipinski definition) is 8. The molecular formula is C28H50NO8P. The summed E-state index contributed by atoms with van der Waals surface area (Å²) in [5.74, 6) is 6.04. The first kappa shape index (κ1) is 36.5. The van der Waals surface area contributed by atoms with Crippen LogP contribution in [0.5, 0.6) is 0 Å². The van der Waals surface area contributed by atoms with Gasteiger partial charge in [0.25, 0.3) is 7.82 Å². The van der Waals surface area contributed by atoms with Crippen LogP contribution < -0.4 is 4.89 Å². The lowest BCUT2D eigenvalue weighted by Gasteiger charge is -2.27. The summed E-state index contributed by atoms with van der Waals surface area (Å²) >= 11 is 0. The highest BCUT2D eigenvalue weighted by Crippen LogP contribution is 2.38. The van der Waals surface area contributed by atoms with Crippen LogP contribution in [0.15, 0.2) is 24.8 Å². The van der Waals surface area contributed by atoms with Crippen LogP contribution in [0.4, 0.5) is 0 Å². The predicted molar refractivity (Wildman–Crippen MR) is 148 cm³/mol. The van der Waals surface area contributed by atoms with Gasteiger partial charge in [-0.05, 0) is 44.1 Å². The summed E-state index contributed by atoms with van der Waals surface area (Å²) in [6, 6.07) is 0. The first-order valence-electron chi connectivity index (χ1n) is 13.4. The zero-order chi connectivity index (χ0) is 28.9. The lowest BCUT2D eigenvalue weighted by Crippen LogP contribution is -2.37. The van der Waals surface area contributed by atoms with E-state index in [2.05, 4.69) is 35.9 Å². The summed E-state index contributed by atoms with van der Waals surface area (Å²) in [7, 11) is 2.52. The van der Waals surface area contributed by atoms with E-state index < -0.39 is 39.2 Å². The molecule has 0 bridgehead atoms. The Morgan fingerprint density at radius 2 is 1.82 bits per heavy atom. The van der Waals surface area contributed by atoms with Gasteiger partial charge < -0.3 is 33.0 Å². The van der Waals surface area contributed by atoms with Gasteiger partial charge in [0, 0.05) is 13.5 Å². The molecule has 0 aromatic carbocycles.